The summed E-state index contributed by atoms with van der Waals surface area (Å²) in [4.78, 5) is 13.3. The van der Waals surface area contributed by atoms with Gasteiger partial charge in [-0.05, 0) is 19.3 Å². The van der Waals surface area contributed by atoms with Crippen LogP contribution in [-0.2, 0) is 23.7 Å². The zero-order valence-electron chi connectivity index (χ0n) is 53.5. The number of hydrogen-bond acceptors (Lipinski definition) is 13. The van der Waals surface area contributed by atoms with E-state index in [1.54, 1.807) is 6.08 Å². The largest absolute Gasteiger partial charge is 0.394 e. The second-order valence-electron chi connectivity index (χ2n) is 25.4. The molecule has 0 bridgehead atoms. The summed E-state index contributed by atoms with van der Waals surface area (Å²) in [5, 5.41) is 87.1. The number of carbonyl (C=O) groups excluding carboxylic acids is 1. The normalized spacial score (nSPS) is 23.8. The first-order valence-corrected chi connectivity index (χ1v) is 35.4. The summed E-state index contributed by atoms with van der Waals surface area (Å²) in [5.41, 5.74) is 0. The summed E-state index contributed by atoms with van der Waals surface area (Å²) >= 11 is 0. The van der Waals surface area contributed by atoms with Gasteiger partial charge in [-0.1, -0.05) is 315 Å². The van der Waals surface area contributed by atoms with Crippen molar-refractivity contribution in [1.82, 2.24) is 5.32 Å². The lowest BCUT2D eigenvalue weighted by atomic mass is 9.97. The molecule has 14 nitrogen and oxygen atoms in total. The topological polar surface area (TPSA) is 228 Å². The maximum atomic E-state index is 13.3. The molecule has 0 spiro atoms. The van der Waals surface area contributed by atoms with E-state index in [9.17, 15) is 45.6 Å². The van der Waals surface area contributed by atoms with Crippen LogP contribution in [0.1, 0.15) is 328 Å². The van der Waals surface area contributed by atoms with Crippen LogP contribution in [0, 0.1) is 0 Å². The van der Waals surface area contributed by atoms with Crippen LogP contribution in [-0.4, -0.2) is 140 Å². The molecule has 2 fully saturated rings. The average molecular weight is 1180 g/mol. The molecule has 0 radical (unpaired) electrons. The Morgan fingerprint density at radius 2 is 0.747 bits per heavy atom. The number of aliphatic hydroxyl groups excluding tert-OH is 8. The summed E-state index contributed by atoms with van der Waals surface area (Å²) in [7, 11) is 0. The first-order valence-electron chi connectivity index (χ1n) is 35.4. The zero-order chi connectivity index (χ0) is 60.2. The van der Waals surface area contributed by atoms with Gasteiger partial charge >= 0.3 is 0 Å². The molecule has 0 aliphatic carbocycles. The van der Waals surface area contributed by atoms with Gasteiger partial charge in [0.2, 0.25) is 5.91 Å². The fraction of sp³-hybridized carbons (Fsp3) is 0.957. The summed E-state index contributed by atoms with van der Waals surface area (Å²) in [6.45, 7) is 2.83. The van der Waals surface area contributed by atoms with Gasteiger partial charge in [-0.25, -0.2) is 0 Å². The maximum Gasteiger partial charge on any atom is 0.220 e. The zero-order valence-corrected chi connectivity index (χ0v) is 53.5. The number of carbonyl (C=O) groups is 1. The first-order chi connectivity index (χ1) is 40.6. The second kappa shape index (κ2) is 54.8. The van der Waals surface area contributed by atoms with Gasteiger partial charge in [0.1, 0.15) is 48.8 Å². The highest BCUT2D eigenvalue weighted by Gasteiger charge is 2.51. The molecular weight excluding hydrogens is 1050 g/mol. The first kappa shape index (κ1) is 77.8. The van der Waals surface area contributed by atoms with E-state index in [4.69, 9.17) is 18.9 Å². The number of allylic oxidation sites excluding steroid dienone is 1. The Labute approximate surface area is 507 Å². The molecule has 14 heteroatoms. The summed E-state index contributed by atoms with van der Waals surface area (Å²) in [6, 6.07) is -0.909. The minimum atomic E-state index is -1.79. The number of rotatable bonds is 59. The lowest BCUT2D eigenvalue weighted by molar-refractivity contribution is -0.359. The van der Waals surface area contributed by atoms with E-state index in [0.29, 0.717) is 6.42 Å². The number of ether oxygens (including phenoxy) is 4. The van der Waals surface area contributed by atoms with Crippen LogP contribution < -0.4 is 5.32 Å². The summed E-state index contributed by atoms with van der Waals surface area (Å²) in [6.07, 6.45) is 50.3. The molecule has 0 aromatic carbocycles. The third-order valence-electron chi connectivity index (χ3n) is 17.7. The van der Waals surface area contributed by atoms with Crippen molar-refractivity contribution in [3.8, 4) is 0 Å². The Kier molecular flexibility index (Phi) is 51.4. The van der Waals surface area contributed by atoms with Gasteiger partial charge in [-0.15, -0.1) is 0 Å². The molecule has 0 aromatic heterocycles. The van der Waals surface area contributed by atoms with E-state index >= 15 is 0 Å². The molecule has 2 rings (SSSR count). The van der Waals surface area contributed by atoms with Crippen molar-refractivity contribution in [2.24, 2.45) is 0 Å². The lowest BCUT2D eigenvalue weighted by Crippen LogP contribution is -2.65. The monoisotopic (exact) mass is 1180 g/mol. The molecule has 2 aliphatic heterocycles. The van der Waals surface area contributed by atoms with Crippen molar-refractivity contribution in [3.05, 3.63) is 12.2 Å². The number of hydrogen-bond donors (Lipinski definition) is 9. The van der Waals surface area contributed by atoms with Crippen LogP contribution in [0.15, 0.2) is 12.2 Å². The van der Waals surface area contributed by atoms with Gasteiger partial charge in [-0.3, -0.25) is 4.79 Å². The molecule has 12 atom stereocenters. The third-order valence-corrected chi connectivity index (χ3v) is 17.7. The van der Waals surface area contributed by atoms with Crippen LogP contribution in [0.4, 0.5) is 0 Å². The molecule has 12 unspecified atom stereocenters. The van der Waals surface area contributed by atoms with E-state index in [1.807, 2.05) is 6.08 Å². The van der Waals surface area contributed by atoms with Crippen molar-refractivity contribution in [2.75, 3.05) is 19.8 Å². The standard InChI is InChI=1S/C69H133NO13/c1-3-5-7-9-11-13-15-17-18-19-20-21-22-23-24-25-26-27-28-29-30-31-32-33-34-35-36-37-38-39-40-41-43-45-47-49-51-53-61(74)70-57(58(73)52-50-48-46-44-42-16-14-12-10-8-6-4-2)56-80-68-66(79)64(77)67(60(55-72)82-68)83-69-65(78)63(76)62(75)59(54-71)81-69/h50,52,57-60,62-69,71-73,75-79H,3-49,51,53-56H2,1-2H3,(H,70,74)/b52-50+. The van der Waals surface area contributed by atoms with Crippen molar-refractivity contribution in [3.63, 3.8) is 0 Å². The molecule has 0 aromatic rings. The lowest BCUT2D eigenvalue weighted by Gasteiger charge is -2.46. The van der Waals surface area contributed by atoms with Crippen molar-refractivity contribution in [2.45, 2.75) is 402 Å². The predicted octanol–water partition coefficient (Wildman–Crippen LogP) is 14.2. The van der Waals surface area contributed by atoms with Gasteiger partial charge in [0.05, 0.1) is 32.0 Å². The molecule has 2 heterocycles. The minimum Gasteiger partial charge on any atom is -0.394 e. The summed E-state index contributed by atoms with van der Waals surface area (Å²) in [5.74, 6) is -0.233. The van der Waals surface area contributed by atoms with Crippen LogP contribution in [0.3, 0.4) is 0 Å². The molecule has 2 aliphatic rings. The molecule has 2 saturated heterocycles. The number of unbranched alkanes of at least 4 members (excludes halogenated alkanes) is 46. The fourth-order valence-electron chi connectivity index (χ4n) is 12.1. The quantitative estimate of drug-likeness (QED) is 0.0204. The van der Waals surface area contributed by atoms with E-state index in [1.165, 1.54) is 263 Å². The smallest absolute Gasteiger partial charge is 0.220 e. The van der Waals surface area contributed by atoms with Gasteiger partial charge in [0.25, 0.3) is 0 Å². The van der Waals surface area contributed by atoms with Crippen molar-refractivity contribution < 1.29 is 64.6 Å². The van der Waals surface area contributed by atoms with E-state index < -0.39 is 86.8 Å². The van der Waals surface area contributed by atoms with Crippen LogP contribution in [0.25, 0.3) is 0 Å². The Morgan fingerprint density at radius 3 is 1.11 bits per heavy atom. The van der Waals surface area contributed by atoms with Crippen molar-refractivity contribution >= 4 is 5.91 Å². The van der Waals surface area contributed by atoms with E-state index in [2.05, 4.69) is 19.2 Å². The van der Waals surface area contributed by atoms with Crippen LogP contribution >= 0.6 is 0 Å². The number of nitrogens with one attached hydrogen (secondary N) is 1. The third kappa shape index (κ3) is 39.4. The Hall–Kier alpha value is -1.27. The number of amides is 1. The molecule has 9 N–H and O–H groups in total. The molecular formula is C69H133NO13. The fourth-order valence-corrected chi connectivity index (χ4v) is 12.1. The van der Waals surface area contributed by atoms with Crippen LogP contribution in [0.2, 0.25) is 0 Å². The molecule has 83 heavy (non-hydrogen) atoms. The predicted molar refractivity (Wildman–Crippen MR) is 337 cm³/mol. The van der Waals surface area contributed by atoms with E-state index in [0.717, 1.165) is 38.5 Å². The second-order valence-corrected chi connectivity index (χ2v) is 25.4. The van der Waals surface area contributed by atoms with E-state index in [-0.39, 0.29) is 18.9 Å². The Bertz CT molecular complexity index is 1440. The minimum absolute atomic E-state index is 0.233. The van der Waals surface area contributed by atoms with Gasteiger partial charge in [-0.2, -0.15) is 0 Å². The molecule has 1 amide bonds. The Balaban J connectivity index is 1.54. The highest BCUT2D eigenvalue weighted by molar-refractivity contribution is 5.76. The van der Waals surface area contributed by atoms with Crippen molar-refractivity contribution in [1.29, 1.82) is 0 Å². The highest BCUT2D eigenvalue weighted by Crippen LogP contribution is 2.30. The highest BCUT2D eigenvalue weighted by atomic mass is 16.7. The molecule has 0 saturated carbocycles. The van der Waals surface area contributed by atoms with Gasteiger partial charge < -0.3 is 65.1 Å². The van der Waals surface area contributed by atoms with Gasteiger partial charge in [0, 0.05) is 6.42 Å². The van der Waals surface area contributed by atoms with Gasteiger partial charge in [0.15, 0.2) is 12.6 Å². The number of aliphatic hydroxyl groups is 8. The Morgan fingerprint density at radius 1 is 0.422 bits per heavy atom. The SMILES string of the molecule is CCCCCCCCCCCC/C=C/C(O)C(COC1OC(CO)C(OC2OC(CO)C(O)C(O)C2O)C(O)C1O)NC(=O)CCCCCCCCCCCCCCCCCCCCCCCCCCCCCCCCCCCCCCC. The summed E-state index contributed by atoms with van der Waals surface area (Å²) < 4.78 is 22.8. The maximum absolute atomic E-state index is 13.3. The van der Waals surface area contributed by atoms with Crippen LogP contribution in [0.5, 0.6) is 0 Å². The molecule has 492 valence electrons. The average Bonchev–Trinajstić information content (AvgIpc) is 3.58.